The van der Waals surface area contributed by atoms with Crippen molar-refractivity contribution >= 4 is 23.0 Å². The summed E-state index contributed by atoms with van der Waals surface area (Å²) in [7, 11) is 0. The van der Waals surface area contributed by atoms with Gasteiger partial charge in [0.25, 0.3) is 0 Å². The average Bonchev–Trinajstić information content (AvgIpc) is 3.18. The van der Waals surface area contributed by atoms with Gasteiger partial charge in [-0.05, 0) is 60.4 Å². The minimum absolute atomic E-state index is 0.923. The number of para-hydroxylation sites is 1. The van der Waals surface area contributed by atoms with Gasteiger partial charge in [0.05, 0.1) is 5.69 Å². The third kappa shape index (κ3) is 3.79. The Bertz CT molecular complexity index is 870. The second-order valence-corrected chi connectivity index (χ2v) is 7.09. The molecule has 142 valence electrons. The molecule has 0 atom stereocenters. The maximum atomic E-state index is 5.03. The highest BCUT2D eigenvalue weighted by molar-refractivity contribution is 6.10. The van der Waals surface area contributed by atoms with Crippen molar-refractivity contribution in [2.24, 2.45) is 4.99 Å². The van der Waals surface area contributed by atoms with E-state index in [0.717, 1.165) is 37.6 Å². The van der Waals surface area contributed by atoms with E-state index >= 15 is 0 Å². The van der Waals surface area contributed by atoms with E-state index in [1.165, 1.54) is 22.5 Å². The summed E-state index contributed by atoms with van der Waals surface area (Å²) in [6, 6.07) is 27.9. The molecule has 0 N–H and O–H groups in total. The summed E-state index contributed by atoms with van der Waals surface area (Å²) in [6.45, 7) is 6.23. The average molecular weight is 370 g/mol. The molecule has 0 amide bonds. The van der Waals surface area contributed by atoms with E-state index in [0.29, 0.717) is 0 Å². The van der Waals surface area contributed by atoms with Crippen LogP contribution in [0.25, 0.3) is 0 Å². The molecule has 0 aromatic heterocycles. The maximum Gasteiger partial charge on any atom is 0.211 e. The third-order valence-electron chi connectivity index (χ3n) is 5.33. The molecule has 4 rings (SSSR count). The van der Waals surface area contributed by atoms with Crippen molar-refractivity contribution in [2.75, 3.05) is 22.9 Å². The number of hydrogen-bond acceptors (Lipinski definition) is 1. The van der Waals surface area contributed by atoms with Gasteiger partial charge in [0.1, 0.15) is 0 Å². The molecule has 1 aliphatic rings. The number of nitrogens with zero attached hydrogens (tertiary/aromatic N) is 3. The monoisotopic (exact) mass is 369 g/mol. The maximum absolute atomic E-state index is 5.03. The van der Waals surface area contributed by atoms with Crippen LogP contribution >= 0.6 is 0 Å². The summed E-state index contributed by atoms with van der Waals surface area (Å²) < 4.78 is 0. The summed E-state index contributed by atoms with van der Waals surface area (Å²) in [4.78, 5) is 9.67. The SMILES string of the molecule is CCc1ccc(N2CCN(c3ccc(CC)cc3)C2=Nc2ccccc2)cc1. The fraction of sp³-hybridized carbons (Fsp3) is 0.240. The Morgan fingerprint density at radius 3 is 1.54 bits per heavy atom. The van der Waals surface area contributed by atoms with E-state index in [9.17, 15) is 0 Å². The molecule has 3 heteroatoms. The van der Waals surface area contributed by atoms with E-state index in [1.54, 1.807) is 0 Å². The van der Waals surface area contributed by atoms with Gasteiger partial charge in [-0.25, -0.2) is 4.99 Å². The molecule has 1 aliphatic heterocycles. The third-order valence-corrected chi connectivity index (χ3v) is 5.33. The Kier molecular flexibility index (Phi) is 5.43. The molecule has 0 spiro atoms. The van der Waals surface area contributed by atoms with Crippen LogP contribution < -0.4 is 9.80 Å². The number of aryl methyl sites for hydroxylation is 2. The highest BCUT2D eigenvalue weighted by Crippen LogP contribution is 2.28. The Labute approximate surface area is 168 Å². The van der Waals surface area contributed by atoms with Crippen LogP contribution in [-0.4, -0.2) is 19.0 Å². The Morgan fingerprint density at radius 2 is 1.11 bits per heavy atom. The molecular weight excluding hydrogens is 342 g/mol. The van der Waals surface area contributed by atoms with Gasteiger partial charge in [0.15, 0.2) is 0 Å². The molecule has 3 nitrogen and oxygen atoms in total. The highest BCUT2D eigenvalue weighted by atomic mass is 15.4. The van der Waals surface area contributed by atoms with Crippen molar-refractivity contribution in [3.05, 3.63) is 90.0 Å². The van der Waals surface area contributed by atoms with E-state index in [1.807, 2.05) is 18.2 Å². The van der Waals surface area contributed by atoms with Crippen LogP contribution in [0.1, 0.15) is 25.0 Å². The molecule has 0 radical (unpaired) electrons. The summed E-state index contributed by atoms with van der Waals surface area (Å²) in [5.41, 5.74) is 6.08. The lowest BCUT2D eigenvalue weighted by molar-refractivity contribution is 1.02. The first-order valence-corrected chi connectivity index (χ1v) is 10.1. The molecule has 0 bridgehead atoms. The second kappa shape index (κ2) is 8.30. The Balaban J connectivity index is 1.72. The zero-order valence-corrected chi connectivity index (χ0v) is 16.7. The lowest BCUT2D eigenvalue weighted by Crippen LogP contribution is -2.33. The number of rotatable bonds is 5. The number of guanidine groups is 1. The molecule has 3 aromatic carbocycles. The number of anilines is 2. The number of benzene rings is 3. The first kappa shape index (κ1) is 18.3. The number of aliphatic imine (C=N–C) groups is 1. The Hall–Kier alpha value is -3.07. The predicted octanol–water partition coefficient (Wildman–Crippen LogP) is 5.83. The van der Waals surface area contributed by atoms with Crippen LogP contribution in [0.15, 0.2) is 83.9 Å². The first-order valence-electron chi connectivity index (χ1n) is 10.1. The van der Waals surface area contributed by atoms with Gasteiger partial charge in [-0.15, -0.1) is 0 Å². The zero-order chi connectivity index (χ0) is 19.3. The predicted molar refractivity (Wildman–Crippen MR) is 120 cm³/mol. The fourth-order valence-electron chi connectivity index (χ4n) is 3.60. The van der Waals surface area contributed by atoms with Crippen LogP contribution in [0.4, 0.5) is 17.1 Å². The Morgan fingerprint density at radius 1 is 0.643 bits per heavy atom. The quantitative estimate of drug-likeness (QED) is 0.564. The molecule has 0 unspecified atom stereocenters. The second-order valence-electron chi connectivity index (χ2n) is 7.09. The molecule has 1 saturated heterocycles. The minimum atomic E-state index is 0.923. The van der Waals surface area contributed by atoms with Crippen LogP contribution in [0.3, 0.4) is 0 Å². The summed E-state index contributed by atoms with van der Waals surface area (Å²) in [5, 5.41) is 0. The van der Waals surface area contributed by atoms with Gasteiger partial charge in [0, 0.05) is 24.5 Å². The van der Waals surface area contributed by atoms with Crippen molar-refractivity contribution in [3.8, 4) is 0 Å². The smallest absolute Gasteiger partial charge is 0.211 e. The molecule has 28 heavy (non-hydrogen) atoms. The lowest BCUT2D eigenvalue weighted by atomic mass is 10.1. The summed E-state index contributed by atoms with van der Waals surface area (Å²) >= 11 is 0. The van der Waals surface area contributed by atoms with Gasteiger partial charge in [-0.3, -0.25) is 0 Å². The van der Waals surface area contributed by atoms with Crippen LogP contribution in [0, 0.1) is 0 Å². The molecule has 0 aliphatic carbocycles. The molecule has 1 heterocycles. The van der Waals surface area contributed by atoms with Gasteiger partial charge in [0.2, 0.25) is 5.96 Å². The molecule has 1 fully saturated rings. The summed E-state index contributed by atoms with van der Waals surface area (Å²) in [6.07, 6.45) is 2.11. The van der Waals surface area contributed by atoms with Crippen LogP contribution in [0.5, 0.6) is 0 Å². The highest BCUT2D eigenvalue weighted by Gasteiger charge is 2.29. The van der Waals surface area contributed by atoms with Crippen LogP contribution in [0.2, 0.25) is 0 Å². The first-order chi connectivity index (χ1) is 13.8. The number of hydrogen-bond donors (Lipinski definition) is 0. The van der Waals surface area contributed by atoms with E-state index < -0.39 is 0 Å². The van der Waals surface area contributed by atoms with Crippen molar-refractivity contribution in [1.82, 2.24) is 0 Å². The minimum Gasteiger partial charge on any atom is -0.310 e. The van der Waals surface area contributed by atoms with Crippen molar-refractivity contribution in [3.63, 3.8) is 0 Å². The van der Waals surface area contributed by atoms with Crippen LogP contribution in [-0.2, 0) is 12.8 Å². The van der Waals surface area contributed by atoms with E-state index in [-0.39, 0.29) is 0 Å². The normalized spacial score (nSPS) is 13.9. The van der Waals surface area contributed by atoms with E-state index in [2.05, 4.69) is 84.3 Å². The van der Waals surface area contributed by atoms with Crippen molar-refractivity contribution in [1.29, 1.82) is 0 Å². The lowest BCUT2D eigenvalue weighted by Gasteiger charge is -2.24. The topological polar surface area (TPSA) is 18.8 Å². The van der Waals surface area contributed by atoms with E-state index in [4.69, 9.17) is 4.99 Å². The molecule has 3 aromatic rings. The standard InChI is InChI=1S/C25H27N3/c1-3-20-10-14-23(15-11-20)27-18-19-28(24-16-12-21(4-2)13-17-24)25(27)26-22-8-6-5-7-9-22/h5-17H,3-4,18-19H2,1-2H3. The van der Waals surface area contributed by atoms with Gasteiger partial charge < -0.3 is 9.80 Å². The summed E-state index contributed by atoms with van der Waals surface area (Å²) in [5.74, 6) is 0.986. The zero-order valence-electron chi connectivity index (χ0n) is 16.7. The largest absolute Gasteiger partial charge is 0.310 e. The van der Waals surface area contributed by atoms with Crippen molar-refractivity contribution in [2.45, 2.75) is 26.7 Å². The van der Waals surface area contributed by atoms with Gasteiger partial charge in [-0.1, -0.05) is 56.3 Å². The molecule has 0 saturated carbocycles. The van der Waals surface area contributed by atoms with Gasteiger partial charge >= 0.3 is 0 Å². The van der Waals surface area contributed by atoms with Crippen molar-refractivity contribution < 1.29 is 0 Å². The molecular formula is C25H27N3. The fourth-order valence-corrected chi connectivity index (χ4v) is 3.60. The van der Waals surface area contributed by atoms with Gasteiger partial charge in [-0.2, -0.15) is 0 Å².